The predicted octanol–water partition coefficient (Wildman–Crippen LogP) is 2.01. The highest BCUT2D eigenvalue weighted by molar-refractivity contribution is 4.98. The Kier molecular flexibility index (Phi) is 4.68. The summed E-state index contributed by atoms with van der Waals surface area (Å²) in [4.78, 5) is 0. The highest BCUT2D eigenvalue weighted by atomic mass is 16.5. The van der Waals surface area contributed by atoms with Gasteiger partial charge in [-0.25, -0.2) is 0 Å². The second-order valence-electron chi connectivity index (χ2n) is 6.04. The Labute approximate surface area is 121 Å². The summed E-state index contributed by atoms with van der Waals surface area (Å²) in [6, 6.07) is 0.624. The third kappa shape index (κ3) is 3.20. The molecule has 0 aromatic carbocycles. The molecule has 5 nitrogen and oxygen atoms in total. The molecule has 20 heavy (non-hydrogen) atoms. The van der Waals surface area contributed by atoms with Gasteiger partial charge in [0.25, 0.3) is 0 Å². The standard InChI is InChI=1S/C15H26N4O/c1-12-17-18-15(19(12)13-4-2-3-5-13)8-11-20-14-6-9-16-10-7-14/h13-14,16H,2-11H2,1H3. The maximum absolute atomic E-state index is 5.99. The molecule has 1 aliphatic carbocycles. The van der Waals surface area contributed by atoms with Crippen LogP contribution in [0.4, 0.5) is 0 Å². The number of rotatable bonds is 5. The van der Waals surface area contributed by atoms with Gasteiger partial charge in [0.2, 0.25) is 0 Å². The van der Waals surface area contributed by atoms with Gasteiger partial charge in [-0.15, -0.1) is 10.2 Å². The molecule has 1 aliphatic heterocycles. The van der Waals surface area contributed by atoms with Crippen molar-refractivity contribution in [1.82, 2.24) is 20.1 Å². The SMILES string of the molecule is Cc1nnc(CCOC2CCNCC2)n1C1CCCC1. The monoisotopic (exact) mass is 278 g/mol. The van der Waals surface area contributed by atoms with Crippen molar-refractivity contribution in [3.63, 3.8) is 0 Å². The summed E-state index contributed by atoms with van der Waals surface area (Å²) in [5.41, 5.74) is 0. The predicted molar refractivity (Wildman–Crippen MR) is 77.8 cm³/mol. The maximum Gasteiger partial charge on any atom is 0.135 e. The van der Waals surface area contributed by atoms with E-state index in [0.717, 1.165) is 50.6 Å². The van der Waals surface area contributed by atoms with Crippen LogP contribution in [0.25, 0.3) is 0 Å². The minimum atomic E-state index is 0.431. The summed E-state index contributed by atoms with van der Waals surface area (Å²) < 4.78 is 8.35. The van der Waals surface area contributed by atoms with Gasteiger partial charge in [0.05, 0.1) is 12.7 Å². The van der Waals surface area contributed by atoms with Gasteiger partial charge in [0.1, 0.15) is 11.6 Å². The van der Waals surface area contributed by atoms with E-state index in [1.165, 1.54) is 25.7 Å². The zero-order valence-electron chi connectivity index (χ0n) is 12.5. The van der Waals surface area contributed by atoms with Crippen molar-refractivity contribution in [2.24, 2.45) is 0 Å². The highest BCUT2D eigenvalue weighted by Crippen LogP contribution is 2.31. The Morgan fingerprint density at radius 1 is 1.15 bits per heavy atom. The lowest BCUT2D eigenvalue weighted by molar-refractivity contribution is 0.0338. The van der Waals surface area contributed by atoms with Crippen LogP contribution < -0.4 is 5.32 Å². The second-order valence-corrected chi connectivity index (χ2v) is 6.04. The molecule has 3 rings (SSSR count). The number of nitrogens with zero attached hydrogens (tertiary/aromatic N) is 3. The molecular formula is C15H26N4O. The van der Waals surface area contributed by atoms with E-state index in [9.17, 15) is 0 Å². The Morgan fingerprint density at radius 2 is 1.90 bits per heavy atom. The van der Waals surface area contributed by atoms with Gasteiger partial charge in [-0.1, -0.05) is 12.8 Å². The first kappa shape index (κ1) is 14.0. The molecule has 2 heterocycles. The molecule has 1 N–H and O–H groups in total. The molecule has 2 fully saturated rings. The fourth-order valence-electron chi connectivity index (χ4n) is 3.50. The molecule has 2 aliphatic rings. The largest absolute Gasteiger partial charge is 0.378 e. The van der Waals surface area contributed by atoms with Crippen LogP contribution in [-0.2, 0) is 11.2 Å². The average Bonchev–Trinajstić information content (AvgIpc) is 3.10. The van der Waals surface area contributed by atoms with Gasteiger partial charge in [0.15, 0.2) is 0 Å². The number of ether oxygens (including phenoxy) is 1. The molecule has 0 bridgehead atoms. The third-order valence-corrected chi connectivity index (χ3v) is 4.59. The quantitative estimate of drug-likeness (QED) is 0.895. The van der Waals surface area contributed by atoms with Gasteiger partial charge in [0, 0.05) is 12.5 Å². The van der Waals surface area contributed by atoms with Crippen molar-refractivity contribution < 1.29 is 4.74 Å². The molecule has 1 aromatic heterocycles. The normalized spacial score (nSPS) is 21.6. The van der Waals surface area contributed by atoms with Gasteiger partial charge >= 0.3 is 0 Å². The third-order valence-electron chi connectivity index (χ3n) is 4.59. The fourth-order valence-corrected chi connectivity index (χ4v) is 3.50. The Balaban J connectivity index is 1.54. The molecule has 5 heteroatoms. The topological polar surface area (TPSA) is 52.0 Å². The van der Waals surface area contributed by atoms with Crippen LogP contribution in [0.1, 0.15) is 56.2 Å². The first-order chi connectivity index (χ1) is 9.84. The molecular weight excluding hydrogens is 252 g/mol. The molecule has 1 saturated carbocycles. The van der Waals surface area contributed by atoms with Crippen molar-refractivity contribution in [3.05, 3.63) is 11.6 Å². The number of nitrogens with one attached hydrogen (secondary N) is 1. The average molecular weight is 278 g/mol. The summed E-state index contributed by atoms with van der Waals surface area (Å²) in [5.74, 6) is 2.18. The Morgan fingerprint density at radius 3 is 2.65 bits per heavy atom. The molecule has 0 radical (unpaired) electrons. The first-order valence-corrected chi connectivity index (χ1v) is 8.07. The number of aryl methyl sites for hydroxylation is 1. The number of aromatic nitrogens is 3. The molecule has 0 amide bonds. The first-order valence-electron chi connectivity index (χ1n) is 8.07. The summed E-state index contributed by atoms with van der Waals surface area (Å²) in [5, 5.41) is 12.0. The number of hydrogen-bond acceptors (Lipinski definition) is 4. The number of piperidine rings is 1. The Bertz CT molecular complexity index is 420. The van der Waals surface area contributed by atoms with Gasteiger partial charge < -0.3 is 14.6 Å². The van der Waals surface area contributed by atoms with E-state index in [0.29, 0.717) is 12.1 Å². The smallest absolute Gasteiger partial charge is 0.135 e. The molecule has 0 unspecified atom stereocenters. The van der Waals surface area contributed by atoms with Crippen LogP contribution >= 0.6 is 0 Å². The molecule has 112 valence electrons. The van der Waals surface area contributed by atoms with Gasteiger partial charge in [-0.05, 0) is 45.7 Å². The summed E-state index contributed by atoms with van der Waals surface area (Å²) >= 11 is 0. The summed E-state index contributed by atoms with van der Waals surface area (Å²) in [7, 11) is 0. The van der Waals surface area contributed by atoms with Crippen molar-refractivity contribution in [1.29, 1.82) is 0 Å². The minimum absolute atomic E-state index is 0.431. The van der Waals surface area contributed by atoms with Crippen LogP contribution in [0.2, 0.25) is 0 Å². The maximum atomic E-state index is 5.99. The molecule has 0 spiro atoms. The lowest BCUT2D eigenvalue weighted by Crippen LogP contribution is -2.32. The van der Waals surface area contributed by atoms with Gasteiger partial charge in [-0.3, -0.25) is 0 Å². The zero-order chi connectivity index (χ0) is 13.8. The van der Waals surface area contributed by atoms with E-state index in [1.807, 2.05) is 0 Å². The summed E-state index contributed by atoms with van der Waals surface area (Å²) in [6.45, 7) is 5.02. The second kappa shape index (κ2) is 6.68. The van der Waals surface area contributed by atoms with Crippen LogP contribution in [0.3, 0.4) is 0 Å². The summed E-state index contributed by atoms with van der Waals surface area (Å²) in [6.07, 6.45) is 8.83. The van der Waals surface area contributed by atoms with Crippen molar-refractivity contribution in [2.45, 2.75) is 64.0 Å². The van der Waals surface area contributed by atoms with Crippen molar-refractivity contribution in [2.75, 3.05) is 19.7 Å². The minimum Gasteiger partial charge on any atom is -0.378 e. The van der Waals surface area contributed by atoms with E-state index < -0.39 is 0 Å². The van der Waals surface area contributed by atoms with Crippen LogP contribution in [0, 0.1) is 6.92 Å². The fraction of sp³-hybridized carbons (Fsp3) is 0.867. The van der Waals surface area contributed by atoms with Crippen molar-refractivity contribution >= 4 is 0 Å². The van der Waals surface area contributed by atoms with Crippen LogP contribution in [0.5, 0.6) is 0 Å². The van der Waals surface area contributed by atoms with Crippen molar-refractivity contribution in [3.8, 4) is 0 Å². The molecule has 1 aromatic rings. The van der Waals surface area contributed by atoms with E-state index in [1.54, 1.807) is 0 Å². The zero-order valence-corrected chi connectivity index (χ0v) is 12.5. The van der Waals surface area contributed by atoms with E-state index in [-0.39, 0.29) is 0 Å². The van der Waals surface area contributed by atoms with E-state index in [4.69, 9.17) is 4.74 Å². The molecule has 0 atom stereocenters. The van der Waals surface area contributed by atoms with E-state index in [2.05, 4.69) is 27.0 Å². The highest BCUT2D eigenvalue weighted by Gasteiger charge is 2.22. The Hall–Kier alpha value is -0.940. The van der Waals surface area contributed by atoms with Crippen LogP contribution in [0.15, 0.2) is 0 Å². The van der Waals surface area contributed by atoms with Crippen LogP contribution in [-0.4, -0.2) is 40.6 Å². The molecule has 1 saturated heterocycles. The van der Waals surface area contributed by atoms with Gasteiger partial charge in [-0.2, -0.15) is 0 Å². The lowest BCUT2D eigenvalue weighted by Gasteiger charge is -2.23. The lowest BCUT2D eigenvalue weighted by atomic mass is 10.1. The number of hydrogen-bond donors (Lipinski definition) is 1. The van der Waals surface area contributed by atoms with E-state index >= 15 is 0 Å².